The second kappa shape index (κ2) is 9.58. The van der Waals surface area contributed by atoms with Crippen LogP contribution < -0.4 is 4.74 Å². The summed E-state index contributed by atoms with van der Waals surface area (Å²) in [5.74, 6) is 0.407. The van der Waals surface area contributed by atoms with Crippen molar-refractivity contribution in [3.63, 3.8) is 0 Å². The third kappa shape index (κ3) is 4.50. The standard InChI is InChI=1S/C28H31ClFN3O4/c29-19-1-3-21-25(13-19)37-16-28(21)7-10-32(15-26(28)35)14-24(34)17-5-8-33(9-6-17)27(36)23-12-18-11-20(30)2-4-22(18)31-23/h1-4,11-13,17,24,26,31,34-35H,5-10,14-16H2/t24-,26-,28-/m1/s1. The highest BCUT2D eigenvalue weighted by Gasteiger charge is 2.49. The molecule has 2 saturated heterocycles. The highest BCUT2D eigenvalue weighted by Crippen LogP contribution is 2.46. The monoisotopic (exact) mass is 527 g/mol. The second-order valence-electron chi connectivity index (χ2n) is 10.7. The van der Waals surface area contributed by atoms with Crippen molar-refractivity contribution >= 4 is 28.4 Å². The Balaban J connectivity index is 1.03. The highest BCUT2D eigenvalue weighted by atomic mass is 35.5. The Kier molecular flexibility index (Phi) is 6.39. The smallest absolute Gasteiger partial charge is 0.270 e. The second-order valence-corrected chi connectivity index (χ2v) is 11.2. The largest absolute Gasteiger partial charge is 0.492 e. The predicted octanol–water partition coefficient (Wildman–Crippen LogP) is 3.57. The van der Waals surface area contributed by atoms with Crippen LogP contribution in [0, 0.1) is 11.7 Å². The van der Waals surface area contributed by atoms with Crippen LogP contribution in [0.25, 0.3) is 10.9 Å². The molecule has 1 amide bonds. The van der Waals surface area contributed by atoms with E-state index in [0.29, 0.717) is 61.7 Å². The van der Waals surface area contributed by atoms with E-state index in [9.17, 15) is 19.4 Å². The molecule has 3 N–H and O–H groups in total. The number of aromatic amines is 1. The maximum atomic E-state index is 13.5. The Morgan fingerprint density at radius 3 is 2.78 bits per heavy atom. The molecule has 0 aliphatic carbocycles. The molecular formula is C28H31ClFN3O4. The minimum Gasteiger partial charge on any atom is -0.492 e. The number of rotatable bonds is 4. The van der Waals surface area contributed by atoms with E-state index < -0.39 is 17.6 Å². The summed E-state index contributed by atoms with van der Waals surface area (Å²) in [6, 6.07) is 11.7. The third-order valence-electron chi connectivity index (χ3n) is 8.54. The number of ether oxygens (including phenoxy) is 1. The van der Waals surface area contributed by atoms with Crippen LogP contribution in [0.4, 0.5) is 4.39 Å². The van der Waals surface area contributed by atoms with E-state index in [0.717, 1.165) is 29.8 Å². The van der Waals surface area contributed by atoms with Gasteiger partial charge in [0, 0.05) is 47.7 Å². The molecule has 9 heteroatoms. The zero-order chi connectivity index (χ0) is 25.7. The SMILES string of the molecule is O=C(c1cc2cc(F)ccc2[nH]1)N1CCC([C@H](O)CN2CC[C@]3(COc4cc(Cl)ccc43)[C@H](O)C2)CC1. The molecule has 2 fully saturated rings. The van der Waals surface area contributed by atoms with Crippen LogP contribution in [0.2, 0.25) is 5.02 Å². The molecule has 3 atom stereocenters. The summed E-state index contributed by atoms with van der Waals surface area (Å²) in [7, 11) is 0. The van der Waals surface area contributed by atoms with Crippen molar-refractivity contribution in [1.82, 2.24) is 14.8 Å². The van der Waals surface area contributed by atoms with Gasteiger partial charge in [-0.2, -0.15) is 0 Å². The number of β-amino-alcohol motifs (C(OH)–C–C–N with tert-alkyl or cyclic N) is 2. The van der Waals surface area contributed by atoms with Crippen LogP contribution in [0.5, 0.6) is 5.75 Å². The van der Waals surface area contributed by atoms with Gasteiger partial charge in [-0.25, -0.2) is 4.39 Å². The molecule has 3 aliphatic rings. The molecule has 0 radical (unpaired) electrons. The van der Waals surface area contributed by atoms with Crippen molar-refractivity contribution in [2.45, 2.75) is 36.9 Å². The molecule has 0 saturated carbocycles. The summed E-state index contributed by atoms with van der Waals surface area (Å²) < 4.78 is 19.4. The average Bonchev–Trinajstić information content (AvgIpc) is 3.47. The molecule has 1 aromatic heterocycles. The number of hydrogen-bond donors (Lipinski definition) is 3. The number of carbonyl (C=O) groups is 1. The van der Waals surface area contributed by atoms with Gasteiger partial charge in [0.05, 0.1) is 17.6 Å². The maximum Gasteiger partial charge on any atom is 0.270 e. The van der Waals surface area contributed by atoms with E-state index in [4.69, 9.17) is 16.3 Å². The minimum absolute atomic E-state index is 0.0894. The lowest BCUT2D eigenvalue weighted by atomic mass is 9.72. The Morgan fingerprint density at radius 2 is 2.00 bits per heavy atom. The number of benzene rings is 2. The molecule has 3 aromatic rings. The molecule has 0 unspecified atom stereocenters. The number of H-pyrrole nitrogens is 1. The first-order valence-electron chi connectivity index (χ1n) is 12.9. The van der Waals surface area contributed by atoms with Crippen molar-refractivity contribution in [2.75, 3.05) is 39.3 Å². The fourth-order valence-corrected chi connectivity index (χ4v) is 6.45. The van der Waals surface area contributed by atoms with Gasteiger partial charge in [0.1, 0.15) is 23.9 Å². The van der Waals surface area contributed by atoms with Crippen molar-refractivity contribution in [3.05, 3.63) is 64.6 Å². The number of amides is 1. The van der Waals surface area contributed by atoms with Crippen LogP contribution in [0.3, 0.4) is 0 Å². The number of aliphatic hydroxyl groups is 2. The number of halogens is 2. The molecule has 37 heavy (non-hydrogen) atoms. The molecule has 1 spiro atoms. The zero-order valence-corrected chi connectivity index (χ0v) is 21.3. The normalized spacial score (nSPS) is 25.4. The predicted molar refractivity (Wildman–Crippen MR) is 139 cm³/mol. The molecule has 4 heterocycles. The quantitative estimate of drug-likeness (QED) is 0.483. The Labute approximate surface area is 219 Å². The van der Waals surface area contributed by atoms with Gasteiger partial charge in [-0.15, -0.1) is 0 Å². The van der Waals surface area contributed by atoms with Gasteiger partial charge in [0.25, 0.3) is 5.91 Å². The lowest BCUT2D eigenvalue weighted by Crippen LogP contribution is -2.56. The van der Waals surface area contributed by atoms with Crippen molar-refractivity contribution < 1.29 is 24.1 Å². The van der Waals surface area contributed by atoms with Gasteiger partial charge < -0.3 is 24.8 Å². The molecule has 7 nitrogen and oxygen atoms in total. The minimum atomic E-state index is -0.597. The van der Waals surface area contributed by atoms with E-state index >= 15 is 0 Å². The summed E-state index contributed by atoms with van der Waals surface area (Å²) in [6.07, 6.45) is 1.05. The molecule has 2 aromatic carbocycles. The van der Waals surface area contributed by atoms with E-state index in [1.54, 1.807) is 17.0 Å². The number of likely N-dealkylation sites (tertiary alicyclic amines) is 2. The van der Waals surface area contributed by atoms with E-state index in [1.165, 1.54) is 12.1 Å². The number of fused-ring (bicyclic) bond motifs is 3. The molecule has 196 valence electrons. The Morgan fingerprint density at radius 1 is 1.19 bits per heavy atom. The summed E-state index contributed by atoms with van der Waals surface area (Å²) >= 11 is 6.11. The first-order chi connectivity index (χ1) is 17.8. The third-order valence-corrected chi connectivity index (χ3v) is 8.77. The van der Waals surface area contributed by atoms with E-state index in [1.807, 2.05) is 18.2 Å². The zero-order valence-electron chi connectivity index (χ0n) is 20.5. The van der Waals surface area contributed by atoms with Gasteiger partial charge in [0.15, 0.2) is 0 Å². The van der Waals surface area contributed by atoms with Gasteiger partial charge >= 0.3 is 0 Å². The maximum absolute atomic E-state index is 13.5. The van der Waals surface area contributed by atoms with Gasteiger partial charge in [-0.05, 0) is 68.1 Å². The van der Waals surface area contributed by atoms with E-state index in [2.05, 4.69) is 9.88 Å². The summed E-state index contributed by atoms with van der Waals surface area (Å²) in [5.41, 5.74) is 1.77. The van der Waals surface area contributed by atoms with Crippen LogP contribution in [0.1, 0.15) is 35.3 Å². The number of piperidine rings is 2. The van der Waals surface area contributed by atoms with Crippen LogP contribution in [0.15, 0.2) is 42.5 Å². The number of nitrogens with one attached hydrogen (secondary N) is 1. The fourth-order valence-electron chi connectivity index (χ4n) is 6.28. The number of aliphatic hydroxyl groups excluding tert-OH is 2. The van der Waals surface area contributed by atoms with E-state index in [-0.39, 0.29) is 17.6 Å². The van der Waals surface area contributed by atoms with Crippen molar-refractivity contribution in [3.8, 4) is 5.75 Å². The Hall–Kier alpha value is -2.65. The molecule has 6 rings (SSSR count). The first kappa shape index (κ1) is 24.7. The number of aromatic nitrogens is 1. The summed E-state index contributed by atoms with van der Waals surface area (Å²) in [4.78, 5) is 20.0. The van der Waals surface area contributed by atoms with Crippen molar-refractivity contribution in [2.24, 2.45) is 5.92 Å². The first-order valence-corrected chi connectivity index (χ1v) is 13.3. The summed E-state index contributed by atoms with van der Waals surface area (Å²) in [6.45, 7) is 3.30. The van der Waals surface area contributed by atoms with Crippen LogP contribution in [-0.2, 0) is 5.41 Å². The van der Waals surface area contributed by atoms with Crippen molar-refractivity contribution in [1.29, 1.82) is 0 Å². The Bertz CT molecular complexity index is 1320. The lowest BCUT2D eigenvalue weighted by Gasteiger charge is -2.44. The number of hydrogen-bond acceptors (Lipinski definition) is 5. The molecule has 3 aliphatic heterocycles. The van der Waals surface area contributed by atoms with Gasteiger partial charge in [0.2, 0.25) is 0 Å². The fraction of sp³-hybridized carbons (Fsp3) is 0.464. The highest BCUT2D eigenvalue weighted by molar-refractivity contribution is 6.30. The number of nitrogens with zero attached hydrogens (tertiary/aromatic N) is 2. The number of carbonyl (C=O) groups excluding carboxylic acids is 1. The summed E-state index contributed by atoms with van der Waals surface area (Å²) in [5, 5.41) is 23.4. The topological polar surface area (TPSA) is 89.0 Å². The van der Waals surface area contributed by atoms with Crippen LogP contribution in [-0.4, -0.2) is 82.4 Å². The van der Waals surface area contributed by atoms with Gasteiger partial charge in [-0.3, -0.25) is 9.69 Å². The van der Waals surface area contributed by atoms with Gasteiger partial charge in [-0.1, -0.05) is 17.7 Å². The average molecular weight is 528 g/mol. The van der Waals surface area contributed by atoms with Crippen LogP contribution >= 0.6 is 11.6 Å². The lowest BCUT2D eigenvalue weighted by molar-refractivity contribution is -0.0338. The molecule has 0 bridgehead atoms. The molecular weight excluding hydrogens is 497 g/mol.